The highest BCUT2D eigenvalue weighted by Gasteiger charge is 2.09. The van der Waals surface area contributed by atoms with Gasteiger partial charge in [-0.2, -0.15) is 0 Å². The minimum absolute atomic E-state index is 0.239. The molecule has 3 aromatic rings. The van der Waals surface area contributed by atoms with Crippen LogP contribution in [0.4, 0.5) is 4.39 Å². The topological polar surface area (TPSA) is 17.3 Å². The molecule has 0 saturated carbocycles. The van der Waals surface area contributed by atoms with Gasteiger partial charge in [0.1, 0.15) is 16.1 Å². The second-order valence-electron chi connectivity index (χ2n) is 3.73. The van der Waals surface area contributed by atoms with Crippen molar-refractivity contribution in [2.24, 2.45) is 0 Å². The molecular formula is C12H8BrFN2. The van der Waals surface area contributed by atoms with Gasteiger partial charge in [0.15, 0.2) is 0 Å². The lowest BCUT2D eigenvalue weighted by atomic mass is 10.2. The number of hydrogen-bond acceptors (Lipinski definition) is 1. The number of nitrogens with zero attached hydrogens (tertiary/aromatic N) is 2. The molecule has 0 bridgehead atoms. The molecule has 1 aromatic carbocycles. The first kappa shape index (κ1) is 9.78. The number of imidazole rings is 1. The van der Waals surface area contributed by atoms with Crippen molar-refractivity contribution in [2.75, 3.05) is 0 Å². The summed E-state index contributed by atoms with van der Waals surface area (Å²) >= 11 is 3.46. The molecule has 0 aliphatic heterocycles. The fraction of sp³-hybridized carbons (Fsp3) is 0.0833. The molecule has 0 aliphatic carbocycles. The van der Waals surface area contributed by atoms with Crippen LogP contribution in [0.5, 0.6) is 0 Å². The SMILES string of the molecule is Cc1nc2c3cc(F)ccc3ccn2c1Br. The number of fused-ring (bicyclic) bond motifs is 3. The number of pyridine rings is 1. The van der Waals surface area contributed by atoms with Crippen LogP contribution in [0.3, 0.4) is 0 Å². The lowest BCUT2D eigenvalue weighted by Gasteiger charge is -2.01. The van der Waals surface area contributed by atoms with Crippen LogP contribution in [0.2, 0.25) is 0 Å². The number of benzene rings is 1. The predicted molar refractivity (Wildman–Crippen MR) is 65.1 cm³/mol. The van der Waals surface area contributed by atoms with Gasteiger partial charge in [0, 0.05) is 11.6 Å². The minimum atomic E-state index is -0.239. The summed E-state index contributed by atoms with van der Waals surface area (Å²) in [5.74, 6) is -0.239. The van der Waals surface area contributed by atoms with E-state index < -0.39 is 0 Å². The highest BCUT2D eigenvalue weighted by molar-refractivity contribution is 9.10. The molecular weight excluding hydrogens is 271 g/mol. The Balaban J connectivity index is 2.57. The number of halogens is 2. The summed E-state index contributed by atoms with van der Waals surface area (Å²) in [6.07, 6.45) is 1.93. The maximum atomic E-state index is 13.2. The van der Waals surface area contributed by atoms with Gasteiger partial charge in [-0.3, -0.25) is 4.40 Å². The van der Waals surface area contributed by atoms with E-state index in [0.717, 1.165) is 26.7 Å². The fourth-order valence-electron chi connectivity index (χ4n) is 1.87. The average Bonchev–Trinajstić information content (AvgIpc) is 2.56. The van der Waals surface area contributed by atoms with Crippen molar-refractivity contribution in [3.8, 4) is 0 Å². The van der Waals surface area contributed by atoms with Crippen LogP contribution in [-0.2, 0) is 0 Å². The standard InChI is InChI=1S/C12H8BrFN2/c1-7-11(13)16-5-4-8-2-3-9(14)6-10(8)12(16)15-7/h2-6H,1H3. The average molecular weight is 279 g/mol. The fourth-order valence-corrected chi connectivity index (χ4v) is 2.25. The van der Waals surface area contributed by atoms with E-state index >= 15 is 0 Å². The maximum Gasteiger partial charge on any atom is 0.145 e. The Kier molecular flexibility index (Phi) is 2.01. The van der Waals surface area contributed by atoms with Crippen LogP contribution in [-0.4, -0.2) is 9.38 Å². The van der Waals surface area contributed by atoms with E-state index in [1.807, 2.05) is 23.6 Å². The number of aromatic nitrogens is 2. The maximum absolute atomic E-state index is 13.2. The summed E-state index contributed by atoms with van der Waals surface area (Å²) in [5, 5.41) is 1.82. The molecule has 4 heteroatoms. The summed E-state index contributed by atoms with van der Waals surface area (Å²) in [4.78, 5) is 4.43. The van der Waals surface area contributed by atoms with Gasteiger partial charge < -0.3 is 0 Å². The highest BCUT2D eigenvalue weighted by Crippen LogP contribution is 2.25. The Labute approximate surface area is 99.8 Å². The van der Waals surface area contributed by atoms with Gasteiger partial charge in [-0.25, -0.2) is 9.37 Å². The van der Waals surface area contributed by atoms with E-state index in [2.05, 4.69) is 20.9 Å². The first-order valence-corrected chi connectivity index (χ1v) is 5.68. The van der Waals surface area contributed by atoms with Gasteiger partial charge in [0.25, 0.3) is 0 Å². The molecule has 3 rings (SSSR count). The van der Waals surface area contributed by atoms with Crippen molar-refractivity contribution in [2.45, 2.75) is 6.92 Å². The molecule has 2 heterocycles. The third-order valence-corrected chi connectivity index (χ3v) is 3.63. The highest BCUT2D eigenvalue weighted by atomic mass is 79.9. The second kappa shape index (κ2) is 3.28. The molecule has 0 unspecified atom stereocenters. The Morgan fingerprint density at radius 3 is 2.94 bits per heavy atom. The lowest BCUT2D eigenvalue weighted by Crippen LogP contribution is -1.86. The van der Waals surface area contributed by atoms with Crippen LogP contribution in [0.15, 0.2) is 35.1 Å². The number of hydrogen-bond donors (Lipinski definition) is 0. The van der Waals surface area contributed by atoms with E-state index in [1.54, 1.807) is 6.07 Å². The third kappa shape index (κ3) is 1.26. The monoisotopic (exact) mass is 278 g/mol. The van der Waals surface area contributed by atoms with Gasteiger partial charge in [-0.05, 0) is 46.4 Å². The van der Waals surface area contributed by atoms with Crippen LogP contribution >= 0.6 is 15.9 Å². The van der Waals surface area contributed by atoms with Crippen LogP contribution in [0, 0.1) is 12.7 Å². The molecule has 0 radical (unpaired) electrons. The minimum Gasteiger partial charge on any atom is -0.293 e. The molecule has 16 heavy (non-hydrogen) atoms. The van der Waals surface area contributed by atoms with Crippen molar-refractivity contribution < 1.29 is 4.39 Å². The zero-order chi connectivity index (χ0) is 11.3. The Bertz CT molecular complexity index is 703. The zero-order valence-electron chi connectivity index (χ0n) is 8.54. The van der Waals surface area contributed by atoms with Crippen molar-refractivity contribution in [1.82, 2.24) is 9.38 Å². The lowest BCUT2D eigenvalue weighted by molar-refractivity contribution is 0.630. The summed E-state index contributed by atoms with van der Waals surface area (Å²) in [5.41, 5.74) is 1.68. The van der Waals surface area contributed by atoms with Crippen molar-refractivity contribution in [3.05, 3.63) is 46.6 Å². The van der Waals surface area contributed by atoms with E-state index in [9.17, 15) is 4.39 Å². The van der Waals surface area contributed by atoms with E-state index in [1.165, 1.54) is 12.1 Å². The van der Waals surface area contributed by atoms with Gasteiger partial charge in [-0.15, -0.1) is 0 Å². The van der Waals surface area contributed by atoms with Crippen LogP contribution < -0.4 is 0 Å². The van der Waals surface area contributed by atoms with Crippen LogP contribution in [0.1, 0.15) is 5.69 Å². The Hall–Kier alpha value is -1.42. The molecule has 0 spiro atoms. The quantitative estimate of drug-likeness (QED) is 0.613. The molecule has 0 atom stereocenters. The van der Waals surface area contributed by atoms with Crippen molar-refractivity contribution in [3.63, 3.8) is 0 Å². The Morgan fingerprint density at radius 2 is 2.12 bits per heavy atom. The summed E-state index contributed by atoms with van der Waals surface area (Å²) < 4.78 is 16.0. The number of aryl methyl sites for hydroxylation is 1. The molecule has 2 nitrogen and oxygen atoms in total. The van der Waals surface area contributed by atoms with Gasteiger partial charge in [0.05, 0.1) is 5.69 Å². The molecule has 2 aromatic heterocycles. The molecule has 0 N–H and O–H groups in total. The summed E-state index contributed by atoms with van der Waals surface area (Å²) in [6.45, 7) is 1.92. The van der Waals surface area contributed by atoms with Gasteiger partial charge >= 0.3 is 0 Å². The number of rotatable bonds is 0. The summed E-state index contributed by atoms with van der Waals surface area (Å²) in [6, 6.07) is 6.70. The normalized spacial score (nSPS) is 11.4. The Morgan fingerprint density at radius 1 is 1.31 bits per heavy atom. The predicted octanol–water partition coefficient (Wildman–Crippen LogP) is 3.70. The smallest absolute Gasteiger partial charge is 0.145 e. The first-order valence-electron chi connectivity index (χ1n) is 4.89. The van der Waals surface area contributed by atoms with E-state index in [0.29, 0.717) is 0 Å². The molecule has 0 aliphatic rings. The molecule has 0 fully saturated rings. The zero-order valence-corrected chi connectivity index (χ0v) is 10.1. The van der Waals surface area contributed by atoms with Gasteiger partial charge in [0.2, 0.25) is 0 Å². The molecule has 0 saturated heterocycles. The largest absolute Gasteiger partial charge is 0.293 e. The van der Waals surface area contributed by atoms with Gasteiger partial charge in [-0.1, -0.05) is 6.07 Å². The first-order chi connectivity index (χ1) is 7.66. The van der Waals surface area contributed by atoms with Crippen LogP contribution in [0.25, 0.3) is 16.4 Å². The van der Waals surface area contributed by atoms with E-state index in [4.69, 9.17) is 0 Å². The third-order valence-electron chi connectivity index (χ3n) is 2.67. The summed E-state index contributed by atoms with van der Waals surface area (Å²) in [7, 11) is 0. The van der Waals surface area contributed by atoms with Crippen molar-refractivity contribution in [1.29, 1.82) is 0 Å². The van der Waals surface area contributed by atoms with E-state index in [-0.39, 0.29) is 5.82 Å². The molecule has 0 amide bonds. The van der Waals surface area contributed by atoms with Crippen molar-refractivity contribution >= 4 is 32.3 Å². The molecule has 80 valence electrons. The second-order valence-corrected chi connectivity index (χ2v) is 4.48.